The quantitative estimate of drug-likeness (QED) is 0.637. The van der Waals surface area contributed by atoms with Crippen LogP contribution in [0.5, 0.6) is 5.75 Å². The third-order valence-corrected chi connectivity index (χ3v) is 3.28. The van der Waals surface area contributed by atoms with Crippen molar-refractivity contribution in [3.05, 3.63) is 29.2 Å². The van der Waals surface area contributed by atoms with Crippen LogP contribution in [0.2, 0.25) is 0 Å². The summed E-state index contributed by atoms with van der Waals surface area (Å²) in [4.78, 5) is 13.3. The highest BCUT2D eigenvalue weighted by Gasteiger charge is 2.22. The second kappa shape index (κ2) is 4.33. The lowest BCUT2D eigenvalue weighted by Crippen LogP contribution is -2.14. The molecule has 1 aromatic carbocycles. The number of carbonyl (C=O) groups excluding carboxylic acids is 1. The van der Waals surface area contributed by atoms with E-state index in [0.29, 0.717) is 25.3 Å². The largest absolute Gasteiger partial charge is 0.490 e. The number of H-pyrrole nitrogens is 1. The molecule has 0 atom stereocenters. The van der Waals surface area contributed by atoms with Gasteiger partial charge in [-0.2, -0.15) is 0 Å². The molecule has 0 bridgehead atoms. The molecule has 5 heteroatoms. The molecule has 0 radical (unpaired) electrons. The number of hydrogen-bond acceptors (Lipinski definition) is 2. The number of amides is 1. The van der Waals surface area contributed by atoms with Gasteiger partial charge in [0.25, 0.3) is 0 Å². The standard InChI is InChI=1S/C13H13FN2O2/c14-10-5-11-12(9-2-4-18-13(9)10)8(6-16-11)1-3-15-7-17/h5-7,16H,1-4H2,(H,15,17). The maximum absolute atomic E-state index is 13.7. The van der Waals surface area contributed by atoms with Crippen LogP contribution in [0.3, 0.4) is 0 Å². The average Bonchev–Trinajstić information content (AvgIpc) is 2.96. The summed E-state index contributed by atoms with van der Waals surface area (Å²) < 4.78 is 19.1. The molecule has 2 aromatic rings. The van der Waals surface area contributed by atoms with Crippen molar-refractivity contribution < 1.29 is 13.9 Å². The first kappa shape index (κ1) is 11.1. The summed E-state index contributed by atoms with van der Waals surface area (Å²) in [7, 11) is 0. The monoisotopic (exact) mass is 248 g/mol. The van der Waals surface area contributed by atoms with Gasteiger partial charge in [0.2, 0.25) is 6.41 Å². The number of rotatable bonds is 4. The molecule has 1 aromatic heterocycles. The van der Waals surface area contributed by atoms with Crippen LogP contribution < -0.4 is 10.1 Å². The molecule has 1 aliphatic heterocycles. The summed E-state index contributed by atoms with van der Waals surface area (Å²) >= 11 is 0. The van der Waals surface area contributed by atoms with E-state index >= 15 is 0 Å². The van der Waals surface area contributed by atoms with Gasteiger partial charge in [0.1, 0.15) is 0 Å². The van der Waals surface area contributed by atoms with E-state index in [1.165, 1.54) is 6.07 Å². The number of halogens is 1. The van der Waals surface area contributed by atoms with Gasteiger partial charge in [0.05, 0.1) is 6.61 Å². The van der Waals surface area contributed by atoms with Crippen LogP contribution >= 0.6 is 0 Å². The first-order valence-electron chi connectivity index (χ1n) is 5.92. The minimum atomic E-state index is -0.311. The molecule has 18 heavy (non-hydrogen) atoms. The SMILES string of the molecule is O=CNCCc1c[nH]c2cc(F)c3c(c12)CCO3. The summed E-state index contributed by atoms with van der Waals surface area (Å²) in [6.07, 6.45) is 4.00. The van der Waals surface area contributed by atoms with Gasteiger partial charge in [0, 0.05) is 41.7 Å². The van der Waals surface area contributed by atoms with E-state index in [9.17, 15) is 9.18 Å². The fourth-order valence-corrected chi connectivity index (χ4v) is 2.52. The van der Waals surface area contributed by atoms with Crippen LogP contribution in [0.15, 0.2) is 12.3 Å². The van der Waals surface area contributed by atoms with E-state index in [0.717, 1.165) is 34.9 Å². The zero-order valence-corrected chi connectivity index (χ0v) is 9.75. The van der Waals surface area contributed by atoms with Crippen molar-refractivity contribution in [2.45, 2.75) is 12.8 Å². The molecule has 1 aliphatic rings. The molecule has 2 heterocycles. The van der Waals surface area contributed by atoms with Gasteiger partial charge in [-0.25, -0.2) is 4.39 Å². The minimum Gasteiger partial charge on any atom is -0.490 e. The second-order valence-electron chi connectivity index (χ2n) is 4.32. The number of fused-ring (bicyclic) bond motifs is 3. The summed E-state index contributed by atoms with van der Waals surface area (Å²) in [5.41, 5.74) is 2.81. The van der Waals surface area contributed by atoms with Gasteiger partial charge >= 0.3 is 0 Å². The van der Waals surface area contributed by atoms with E-state index in [4.69, 9.17) is 4.74 Å². The molecule has 2 N–H and O–H groups in total. The predicted octanol–water partition coefficient (Wildman–Crippen LogP) is 1.53. The Labute approximate surface area is 103 Å². The lowest BCUT2D eigenvalue weighted by atomic mass is 10.0. The highest BCUT2D eigenvalue weighted by atomic mass is 19.1. The normalized spacial score (nSPS) is 13.4. The van der Waals surface area contributed by atoms with Crippen molar-refractivity contribution in [2.75, 3.05) is 13.2 Å². The zero-order chi connectivity index (χ0) is 12.5. The van der Waals surface area contributed by atoms with Crippen LogP contribution in [0.1, 0.15) is 11.1 Å². The van der Waals surface area contributed by atoms with Crippen molar-refractivity contribution >= 4 is 17.3 Å². The van der Waals surface area contributed by atoms with Crippen LogP contribution in [-0.2, 0) is 17.6 Å². The predicted molar refractivity (Wildman–Crippen MR) is 65.2 cm³/mol. The Hall–Kier alpha value is -2.04. The van der Waals surface area contributed by atoms with Crippen LogP contribution in [0, 0.1) is 5.82 Å². The fourth-order valence-electron chi connectivity index (χ4n) is 2.52. The van der Waals surface area contributed by atoms with E-state index < -0.39 is 0 Å². The lowest BCUT2D eigenvalue weighted by molar-refractivity contribution is -0.109. The third-order valence-electron chi connectivity index (χ3n) is 3.28. The number of aromatic amines is 1. The molecule has 0 saturated carbocycles. The van der Waals surface area contributed by atoms with Crippen LogP contribution in [0.4, 0.5) is 4.39 Å². The maximum Gasteiger partial charge on any atom is 0.207 e. The highest BCUT2D eigenvalue weighted by molar-refractivity contribution is 5.89. The number of carbonyl (C=O) groups is 1. The Morgan fingerprint density at radius 3 is 3.28 bits per heavy atom. The molecule has 3 rings (SSSR count). The Morgan fingerprint density at radius 2 is 2.44 bits per heavy atom. The Kier molecular flexibility index (Phi) is 2.66. The molecule has 0 saturated heterocycles. The smallest absolute Gasteiger partial charge is 0.207 e. The van der Waals surface area contributed by atoms with Crippen molar-refractivity contribution in [1.82, 2.24) is 10.3 Å². The summed E-state index contributed by atoms with van der Waals surface area (Å²) in [6.45, 7) is 1.10. The molecule has 4 nitrogen and oxygen atoms in total. The first-order chi connectivity index (χ1) is 8.81. The number of hydrogen-bond donors (Lipinski definition) is 2. The molecule has 0 spiro atoms. The van der Waals surface area contributed by atoms with Crippen molar-refractivity contribution in [2.24, 2.45) is 0 Å². The van der Waals surface area contributed by atoms with Crippen molar-refractivity contribution in [3.63, 3.8) is 0 Å². The van der Waals surface area contributed by atoms with Gasteiger partial charge in [-0.3, -0.25) is 4.79 Å². The van der Waals surface area contributed by atoms with Crippen LogP contribution in [-0.4, -0.2) is 24.5 Å². The molecular formula is C13H13FN2O2. The molecule has 0 fully saturated rings. The summed E-state index contributed by atoms with van der Waals surface area (Å²) in [5.74, 6) is 0.0705. The number of aromatic nitrogens is 1. The Morgan fingerprint density at radius 1 is 1.56 bits per heavy atom. The minimum absolute atomic E-state index is 0.311. The molecule has 1 amide bonds. The van der Waals surface area contributed by atoms with E-state index in [1.54, 1.807) is 0 Å². The molecular weight excluding hydrogens is 235 g/mol. The van der Waals surface area contributed by atoms with Gasteiger partial charge in [-0.15, -0.1) is 0 Å². The van der Waals surface area contributed by atoms with Crippen molar-refractivity contribution in [3.8, 4) is 5.75 Å². The van der Waals surface area contributed by atoms with Crippen LogP contribution in [0.25, 0.3) is 10.9 Å². The maximum atomic E-state index is 13.7. The summed E-state index contributed by atoms with van der Waals surface area (Å²) in [5, 5.41) is 3.67. The number of nitrogens with one attached hydrogen (secondary N) is 2. The molecule has 94 valence electrons. The van der Waals surface area contributed by atoms with Gasteiger partial charge in [0.15, 0.2) is 11.6 Å². The third kappa shape index (κ3) is 1.63. The topological polar surface area (TPSA) is 54.1 Å². The lowest BCUT2D eigenvalue weighted by Gasteiger charge is -2.05. The van der Waals surface area contributed by atoms with Gasteiger partial charge in [-0.05, 0) is 12.0 Å². The fraction of sp³-hybridized carbons (Fsp3) is 0.308. The van der Waals surface area contributed by atoms with E-state index in [1.807, 2.05) is 6.20 Å². The summed E-state index contributed by atoms with van der Waals surface area (Å²) in [6, 6.07) is 1.47. The van der Waals surface area contributed by atoms with E-state index in [2.05, 4.69) is 10.3 Å². The highest BCUT2D eigenvalue weighted by Crippen LogP contribution is 2.36. The average molecular weight is 248 g/mol. The number of ether oxygens (including phenoxy) is 1. The first-order valence-corrected chi connectivity index (χ1v) is 5.92. The molecule has 0 unspecified atom stereocenters. The van der Waals surface area contributed by atoms with Crippen molar-refractivity contribution in [1.29, 1.82) is 0 Å². The number of benzene rings is 1. The Bertz CT molecular complexity index is 607. The zero-order valence-electron chi connectivity index (χ0n) is 9.75. The van der Waals surface area contributed by atoms with E-state index in [-0.39, 0.29) is 5.82 Å². The Balaban J connectivity index is 2.06. The van der Waals surface area contributed by atoms with Gasteiger partial charge < -0.3 is 15.0 Å². The van der Waals surface area contributed by atoms with Gasteiger partial charge in [-0.1, -0.05) is 0 Å². The molecule has 0 aliphatic carbocycles. The second-order valence-corrected chi connectivity index (χ2v) is 4.32.